The molecular formula is C28H44N6O4Ru. The minimum absolute atomic E-state index is 0. The number of carbonyl (C=O) groups is 2. The summed E-state index contributed by atoms with van der Waals surface area (Å²) in [6.07, 6.45) is 25.6. The third kappa shape index (κ3) is 11.6. The summed E-state index contributed by atoms with van der Waals surface area (Å²) in [6.45, 7) is 0.994. The van der Waals surface area contributed by atoms with Crippen molar-refractivity contribution in [3.05, 3.63) is 35.1 Å². The smallest absolute Gasteiger partial charge is 0.665 e. The van der Waals surface area contributed by atoms with Crippen LogP contribution in [0.15, 0.2) is 44.9 Å². The topological polar surface area (TPSA) is 152 Å². The molecule has 10 nitrogen and oxygen atoms in total. The molecule has 0 amide bonds. The number of carboxylic acid groups (broad SMARTS) is 2. The van der Waals surface area contributed by atoms with Gasteiger partial charge in [-0.25, -0.2) is 10.2 Å². The monoisotopic (exact) mass is 630 g/mol. The van der Waals surface area contributed by atoms with Crippen molar-refractivity contribution in [2.75, 3.05) is 6.54 Å². The van der Waals surface area contributed by atoms with Gasteiger partial charge in [0.25, 0.3) is 0 Å². The van der Waals surface area contributed by atoms with Crippen molar-refractivity contribution < 1.29 is 39.3 Å². The standard InChI is InChI=1S/C11H20N3.C11H16N3.C6H8O4.Ru/c2*1-2-6-10(7-3-1)13-14-11-8-4-5-9-12-11;7-4(8)6(5(9)10)2-1-3-6;/h10-11H,1-9H2;4-5,8-11H,1-3,6-7H2;1-3H2,(H,7,8)(H,9,10);/q2*-1;;+2. The van der Waals surface area contributed by atoms with E-state index in [4.69, 9.17) is 10.2 Å². The summed E-state index contributed by atoms with van der Waals surface area (Å²) >= 11 is 0. The third-order valence-corrected chi connectivity index (χ3v) is 7.82. The van der Waals surface area contributed by atoms with E-state index in [0.717, 1.165) is 13.0 Å². The summed E-state index contributed by atoms with van der Waals surface area (Å²) in [6, 6.07) is 0.971. The van der Waals surface area contributed by atoms with E-state index in [1.54, 1.807) is 6.20 Å². The summed E-state index contributed by atoms with van der Waals surface area (Å²) in [4.78, 5) is 20.7. The predicted octanol–water partition coefficient (Wildman–Crippen LogP) is 7.53. The molecule has 5 rings (SSSR count). The van der Waals surface area contributed by atoms with Crippen molar-refractivity contribution in [2.24, 2.45) is 25.9 Å². The first-order valence-electron chi connectivity index (χ1n) is 14.5. The van der Waals surface area contributed by atoms with Gasteiger partial charge in [0.2, 0.25) is 0 Å². The quantitative estimate of drug-likeness (QED) is 0.177. The third-order valence-electron chi connectivity index (χ3n) is 7.82. The Balaban J connectivity index is 0.000000206. The van der Waals surface area contributed by atoms with Gasteiger partial charge < -0.3 is 20.8 Å². The maximum absolute atomic E-state index is 10.4. The van der Waals surface area contributed by atoms with E-state index in [1.165, 1.54) is 77.0 Å². The second kappa shape index (κ2) is 18.4. The molecular weight excluding hydrogens is 585 g/mol. The van der Waals surface area contributed by atoms with Gasteiger partial charge in [-0.05, 0) is 57.5 Å². The van der Waals surface area contributed by atoms with E-state index in [9.17, 15) is 9.59 Å². The van der Waals surface area contributed by atoms with Crippen molar-refractivity contribution in [3.8, 4) is 0 Å². The number of nitrogens with zero attached hydrogens (tertiary/aromatic N) is 6. The van der Waals surface area contributed by atoms with Crippen molar-refractivity contribution in [2.45, 2.75) is 127 Å². The van der Waals surface area contributed by atoms with Gasteiger partial charge in [-0.3, -0.25) is 9.59 Å². The van der Waals surface area contributed by atoms with Crippen LogP contribution in [-0.2, 0) is 29.1 Å². The van der Waals surface area contributed by atoms with Gasteiger partial charge in [0.15, 0.2) is 5.41 Å². The van der Waals surface area contributed by atoms with E-state index < -0.39 is 17.4 Å². The van der Waals surface area contributed by atoms with Crippen LogP contribution in [0.25, 0.3) is 10.6 Å². The number of aliphatic carboxylic acids is 2. The number of piperidine rings is 1. The van der Waals surface area contributed by atoms with Gasteiger partial charge in [-0.15, -0.1) is 6.54 Å². The minimum atomic E-state index is -1.44. The van der Waals surface area contributed by atoms with E-state index in [1.807, 2.05) is 18.2 Å². The summed E-state index contributed by atoms with van der Waals surface area (Å²) in [5.41, 5.74) is -1.44. The normalized spacial score (nSPS) is 26.7. The van der Waals surface area contributed by atoms with Crippen molar-refractivity contribution in [1.82, 2.24) is 0 Å². The minimum Gasteiger partial charge on any atom is -0.665 e. The number of hydrogen-bond acceptors (Lipinski definition) is 6. The summed E-state index contributed by atoms with van der Waals surface area (Å²) in [5.74, 6) is -2.41. The second-order valence-corrected chi connectivity index (χ2v) is 10.8. The zero-order valence-electron chi connectivity index (χ0n) is 22.9. The zero-order valence-corrected chi connectivity index (χ0v) is 24.6. The van der Waals surface area contributed by atoms with Gasteiger partial charge in [-0.1, -0.05) is 69.6 Å². The molecule has 218 valence electrons. The Labute approximate surface area is 245 Å². The molecule has 0 aromatic heterocycles. The molecule has 0 spiro atoms. The van der Waals surface area contributed by atoms with Crippen LogP contribution in [0.3, 0.4) is 0 Å². The molecule has 4 fully saturated rings. The summed E-state index contributed by atoms with van der Waals surface area (Å²) in [7, 11) is 0. The fourth-order valence-electron chi connectivity index (χ4n) is 5.11. The fourth-order valence-corrected chi connectivity index (χ4v) is 5.11. The van der Waals surface area contributed by atoms with Crippen molar-refractivity contribution in [3.63, 3.8) is 0 Å². The Morgan fingerprint density at radius 1 is 0.692 bits per heavy atom. The van der Waals surface area contributed by atoms with E-state index >= 15 is 0 Å². The Hall–Kier alpha value is -2.00. The summed E-state index contributed by atoms with van der Waals surface area (Å²) in [5, 5.41) is 43.0. The maximum atomic E-state index is 10.4. The van der Waals surface area contributed by atoms with Crippen LogP contribution in [0.1, 0.15) is 103 Å². The van der Waals surface area contributed by atoms with Gasteiger partial charge >= 0.3 is 31.4 Å². The molecule has 5 aliphatic rings. The Morgan fingerprint density at radius 3 is 1.67 bits per heavy atom. The Bertz CT molecular complexity index is 807. The van der Waals surface area contributed by atoms with Gasteiger partial charge in [0.05, 0.1) is 12.1 Å². The summed E-state index contributed by atoms with van der Waals surface area (Å²) < 4.78 is 0. The number of rotatable bonds is 6. The zero-order chi connectivity index (χ0) is 27.1. The second-order valence-electron chi connectivity index (χ2n) is 10.8. The van der Waals surface area contributed by atoms with Crippen molar-refractivity contribution >= 4 is 11.9 Å². The average Bonchev–Trinajstić information content (AvgIpc) is 2.93. The van der Waals surface area contributed by atoms with Gasteiger partial charge in [0, 0.05) is 6.17 Å². The molecule has 2 N–H and O–H groups in total. The van der Waals surface area contributed by atoms with E-state index in [2.05, 4.69) is 31.1 Å². The van der Waals surface area contributed by atoms with Crippen molar-refractivity contribution in [1.29, 1.82) is 0 Å². The molecule has 0 aromatic carbocycles. The van der Waals surface area contributed by atoms with Gasteiger partial charge in [-0.2, -0.15) is 16.4 Å². The van der Waals surface area contributed by atoms with Gasteiger partial charge in [0.1, 0.15) is 0 Å². The molecule has 0 aromatic rings. The first-order chi connectivity index (χ1) is 18.5. The molecule has 1 saturated heterocycles. The van der Waals surface area contributed by atoms with Crippen LogP contribution < -0.4 is 0 Å². The van der Waals surface area contributed by atoms with Crippen LogP contribution in [0.4, 0.5) is 0 Å². The number of azo groups is 2. The molecule has 0 radical (unpaired) electrons. The van der Waals surface area contributed by atoms with E-state index in [-0.39, 0.29) is 44.7 Å². The fraction of sp³-hybridized carbons (Fsp3) is 0.786. The molecule has 2 heterocycles. The molecule has 39 heavy (non-hydrogen) atoms. The average molecular weight is 630 g/mol. The van der Waals surface area contributed by atoms with Crippen LogP contribution in [-0.4, -0.2) is 53.1 Å². The molecule has 3 saturated carbocycles. The molecule has 11 heteroatoms. The number of carboxylic acids is 2. The SMILES string of the molecule is C1=C[N-]C(N=NC2CCCCC2)C=C1.C1CCC(N=NC2CCCC[N-]2)CC1.O=C(O)C1(C(=O)O)CCC1.[Ru+2]. The molecule has 2 atom stereocenters. The number of allylic oxidation sites excluding steroid dienone is 2. The molecule has 2 unspecified atom stereocenters. The Kier molecular flexibility index (Phi) is 15.6. The maximum Gasteiger partial charge on any atom is 2.00 e. The predicted molar refractivity (Wildman–Crippen MR) is 146 cm³/mol. The molecule has 2 aliphatic heterocycles. The first-order valence-corrected chi connectivity index (χ1v) is 14.5. The molecule has 3 aliphatic carbocycles. The Morgan fingerprint density at radius 2 is 1.26 bits per heavy atom. The van der Waals surface area contributed by atoms with Crippen LogP contribution in [0, 0.1) is 5.41 Å². The van der Waals surface area contributed by atoms with E-state index in [0.29, 0.717) is 18.5 Å². The van der Waals surface area contributed by atoms with Crippen LogP contribution in [0.5, 0.6) is 0 Å². The van der Waals surface area contributed by atoms with Crippen LogP contribution in [0.2, 0.25) is 0 Å². The largest absolute Gasteiger partial charge is 2.00 e. The first kappa shape index (κ1) is 33.2. The number of hydrogen-bond donors (Lipinski definition) is 2. The van der Waals surface area contributed by atoms with Crippen LogP contribution >= 0.6 is 0 Å². The molecule has 0 bridgehead atoms.